The SMILES string of the molecule is Cc1noc(C)c1CCN1CCC(N2CC(COc3ccc(F)cc3)OCC2=O)CC1. The van der Waals surface area contributed by atoms with Gasteiger partial charge in [-0.1, -0.05) is 5.16 Å². The maximum absolute atomic E-state index is 13.0. The zero-order chi connectivity index (χ0) is 21.8. The number of aryl methyl sites for hydroxylation is 2. The maximum Gasteiger partial charge on any atom is 0.248 e. The van der Waals surface area contributed by atoms with Gasteiger partial charge in [0.1, 0.15) is 36.6 Å². The Hall–Kier alpha value is -2.45. The molecule has 3 heterocycles. The van der Waals surface area contributed by atoms with Gasteiger partial charge in [0.25, 0.3) is 0 Å². The van der Waals surface area contributed by atoms with E-state index in [2.05, 4.69) is 10.1 Å². The van der Waals surface area contributed by atoms with Gasteiger partial charge in [-0.05, 0) is 57.4 Å². The number of morpholine rings is 1. The normalized spacial score (nSPS) is 20.9. The van der Waals surface area contributed by atoms with E-state index in [1.807, 2.05) is 18.7 Å². The van der Waals surface area contributed by atoms with Crippen LogP contribution in [0.5, 0.6) is 5.75 Å². The Bertz CT molecular complexity index is 858. The van der Waals surface area contributed by atoms with E-state index in [-0.39, 0.29) is 30.5 Å². The van der Waals surface area contributed by atoms with Gasteiger partial charge in [-0.2, -0.15) is 0 Å². The number of rotatable bonds is 7. The lowest BCUT2D eigenvalue weighted by molar-refractivity contribution is -0.155. The van der Waals surface area contributed by atoms with Crippen molar-refractivity contribution in [3.05, 3.63) is 47.1 Å². The van der Waals surface area contributed by atoms with Gasteiger partial charge in [-0.25, -0.2) is 4.39 Å². The van der Waals surface area contributed by atoms with Crippen molar-refractivity contribution in [2.24, 2.45) is 0 Å². The van der Waals surface area contributed by atoms with Crippen LogP contribution in [0.2, 0.25) is 0 Å². The van der Waals surface area contributed by atoms with E-state index in [1.165, 1.54) is 17.7 Å². The quantitative estimate of drug-likeness (QED) is 0.672. The molecule has 2 saturated heterocycles. The van der Waals surface area contributed by atoms with E-state index in [9.17, 15) is 9.18 Å². The third-order valence-electron chi connectivity index (χ3n) is 6.27. The third kappa shape index (κ3) is 5.43. The minimum atomic E-state index is -0.295. The number of ether oxygens (including phenoxy) is 2. The summed E-state index contributed by atoms with van der Waals surface area (Å²) in [7, 11) is 0. The summed E-state index contributed by atoms with van der Waals surface area (Å²) in [5.41, 5.74) is 2.18. The molecular formula is C23H30FN3O4. The number of nitrogens with zero attached hydrogens (tertiary/aromatic N) is 3. The molecule has 0 bridgehead atoms. The van der Waals surface area contributed by atoms with Gasteiger partial charge in [0, 0.05) is 31.2 Å². The van der Waals surface area contributed by atoms with Crippen LogP contribution in [-0.2, 0) is 16.0 Å². The fraction of sp³-hybridized carbons (Fsp3) is 0.565. The molecule has 1 unspecified atom stereocenters. The number of carbonyl (C=O) groups excluding carboxylic acids is 1. The van der Waals surface area contributed by atoms with Gasteiger partial charge in [0.2, 0.25) is 5.91 Å². The zero-order valence-corrected chi connectivity index (χ0v) is 18.2. The minimum Gasteiger partial charge on any atom is -0.491 e. The largest absolute Gasteiger partial charge is 0.491 e. The molecule has 0 aliphatic carbocycles. The Morgan fingerprint density at radius 2 is 1.94 bits per heavy atom. The molecule has 2 aliphatic rings. The van der Waals surface area contributed by atoms with Crippen molar-refractivity contribution in [3.63, 3.8) is 0 Å². The summed E-state index contributed by atoms with van der Waals surface area (Å²) >= 11 is 0. The number of carbonyl (C=O) groups is 1. The predicted molar refractivity (Wildman–Crippen MR) is 112 cm³/mol. The smallest absolute Gasteiger partial charge is 0.248 e. The highest BCUT2D eigenvalue weighted by molar-refractivity contribution is 5.78. The number of hydrogen-bond acceptors (Lipinski definition) is 6. The molecule has 0 N–H and O–H groups in total. The van der Waals surface area contributed by atoms with Gasteiger partial charge in [0.15, 0.2) is 0 Å². The number of amides is 1. The summed E-state index contributed by atoms with van der Waals surface area (Å²) in [5, 5.41) is 4.03. The number of halogens is 1. The molecule has 2 fully saturated rings. The van der Waals surface area contributed by atoms with Crippen LogP contribution in [0.3, 0.4) is 0 Å². The molecule has 7 nitrogen and oxygen atoms in total. The van der Waals surface area contributed by atoms with E-state index < -0.39 is 0 Å². The van der Waals surface area contributed by atoms with E-state index in [4.69, 9.17) is 14.0 Å². The molecule has 2 aromatic rings. The molecule has 8 heteroatoms. The Morgan fingerprint density at radius 3 is 2.61 bits per heavy atom. The van der Waals surface area contributed by atoms with Crippen LogP contribution in [0.15, 0.2) is 28.8 Å². The Balaban J connectivity index is 1.24. The monoisotopic (exact) mass is 431 g/mol. The van der Waals surface area contributed by atoms with Gasteiger partial charge in [-0.3, -0.25) is 4.79 Å². The number of hydrogen-bond donors (Lipinski definition) is 0. The summed E-state index contributed by atoms with van der Waals surface area (Å²) in [6.07, 6.45) is 2.67. The van der Waals surface area contributed by atoms with Crippen molar-refractivity contribution in [3.8, 4) is 5.75 Å². The van der Waals surface area contributed by atoms with Gasteiger partial charge < -0.3 is 23.8 Å². The van der Waals surface area contributed by atoms with Crippen LogP contribution in [-0.4, -0.2) is 72.4 Å². The summed E-state index contributed by atoms with van der Waals surface area (Å²) < 4.78 is 29.7. The van der Waals surface area contributed by atoms with Gasteiger partial charge in [-0.15, -0.1) is 0 Å². The van der Waals surface area contributed by atoms with Crippen LogP contribution in [0.1, 0.15) is 29.9 Å². The average Bonchev–Trinajstić information content (AvgIpc) is 3.10. The van der Waals surface area contributed by atoms with Crippen LogP contribution < -0.4 is 4.74 Å². The average molecular weight is 432 g/mol. The predicted octanol–water partition coefficient (Wildman–Crippen LogP) is 2.74. The highest BCUT2D eigenvalue weighted by atomic mass is 19.1. The fourth-order valence-electron chi connectivity index (χ4n) is 4.40. The lowest BCUT2D eigenvalue weighted by Crippen LogP contribution is -2.55. The summed E-state index contributed by atoms with van der Waals surface area (Å²) in [5.74, 6) is 1.25. The Morgan fingerprint density at radius 1 is 1.19 bits per heavy atom. The number of likely N-dealkylation sites (tertiary alicyclic amines) is 1. The fourth-order valence-corrected chi connectivity index (χ4v) is 4.40. The molecule has 1 aromatic carbocycles. The van der Waals surface area contributed by atoms with E-state index >= 15 is 0 Å². The van der Waals surface area contributed by atoms with Gasteiger partial charge in [0.05, 0.1) is 12.2 Å². The summed E-state index contributed by atoms with van der Waals surface area (Å²) in [4.78, 5) is 16.9. The second-order valence-corrected chi connectivity index (χ2v) is 8.37. The molecule has 1 aromatic heterocycles. The molecule has 31 heavy (non-hydrogen) atoms. The first-order valence-electron chi connectivity index (χ1n) is 10.9. The second kappa shape index (κ2) is 9.78. The number of piperidine rings is 1. The second-order valence-electron chi connectivity index (χ2n) is 8.37. The minimum absolute atomic E-state index is 0.0483. The van der Waals surface area contributed by atoms with Gasteiger partial charge >= 0.3 is 0 Å². The molecule has 0 saturated carbocycles. The molecule has 4 rings (SSSR count). The van der Waals surface area contributed by atoms with Crippen molar-refractivity contribution >= 4 is 5.91 Å². The van der Waals surface area contributed by atoms with E-state index in [1.54, 1.807) is 12.1 Å². The number of benzene rings is 1. The van der Waals surface area contributed by atoms with E-state index in [0.717, 1.165) is 50.4 Å². The Labute approximate surface area is 182 Å². The highest BCUT2D eigenvalue weighted by Crippen LogP contribution is 2.22. The lowest BCUT2D eigenvalue weighted by atomic mass is 10.0. The van der Waals surface area contributed by atoms with Crippen molar-refractivity contribution in [2.45, 2.75) is 45.3 Å². The standard InChI is InChI=1S/C23H30FN3O4/c1-16-22(17(2)31-25-16)9-12-26-10-7-19(8-11-26)27-13-21(30-15-23(27)28)14-29-20-5-3-18(24)4-6-20/h3-6,19,21H,7-15H2,1-2H3. The molecule has 1 amide bonds. The third-order valence-corrected chi connectivity index (χ3v) is 6.27. The van der Waals surface area contributed by atoms with Crippen LogP contribution in [0.4, 0.5) is 4.39 Å². The molecule has 2 aliphatic heterocycles. The zero-order valence-electron chi connectivity index (χ0n) is 18.2. The van der Waals surface area contributed by atoms with Crippen LogP contribution in [0.25, 0.3) is 0 Å². The molecule has 0 radical (unpaired) electrons. The first-order valence-corrected chi connectivity index (χ1v) is 10.9. The van der Waals surface area contributed by atoms with E-state index in [0.29, 0.717) is 18.9 Å². The topological polar surface area (TPSA) is 68.0 Å². The Kier molecular flexibility index (Phi) is 6.87. The summed E-state index contributed by atoms with van der Waals surface area (Å²) in [6.45, 7) is 7.81. The van der Waals surface area contributed by atoms with Crippen molar-refractivity contribution in [1.82, 2.24) is 15.0 Å². The number of aromatic nitrogens is 1. The van der Waals surface area contributed by atoms with Crippen molar-refractivity contribution in [1.29, 1.82) is 0 Å². The molecule has 0 spiro atoms. The maximum atomic E-state index is 13.0. The van der Waals surface area contributed by atoms with Crippen LogP contribution in [0, 0.1) is 19.7 Å². The molecule has 1 atom stereocenters. The van der Waals surface area contributed by atoms with Crippen LogP contribution >= 0.6 is 0 Å². The highest BCUT2D eigenvalue weighted by Gasteiger charge is 2.33. The first kappa shape index (κ1) is 21.8. The van der Waals surface area contributed by atoms with Crippen molar-refractivity contribution in [2.75, 3.05) is 39.4 Å². The first-order chi connectivity index (χ1) is 15.0. The molecular weight excluding hydrogens is 401 g/mol. The molecule has 168 valence electrons. The van der Waals surface area contributed by atoms with Crippen molar-refractivity contribution < 1.29 is 23.2 Å². The summed E-state index contributed by atoms with van der Waals surface area (Å²) in [6, 6.07) is 6.16. The lowest BCUT2D eigenvalue weighted by Gasteiger charge is -2.42.